The maximum absolute atomic E-state index is 12.3. The van der Waals surface area contributed by atoms with Crippen molar-refractivity contribution >= 4 is 17.4 Å². The third-order valence-electron chi connectivity index (χ3n) is 4.01. The lowest BCUT2D eigenvalue weighted by atomic mass is 10.2. The Labute approximate surface area is 158 Å². The second-order valence-electron chi connectivity index (χ2n) is 5.82. The van der Waals surface area contributed by atoms with Crippen molar-refractivity contribution in [1.82, 2.24) is 4.98 Å². The van der Waals surface area contributed by atoms with Crippen LogP contribution in [-0.4, -0.2) is 25.1 Å². The third-order valence-corrected chi connectivity index (χ3v) is 4.01. The molecule has 0 saturated carbocycles. The number of hydrogen-bond acceptors (Lipinski definition) is 5. The van der Waals surface area contributed by atoms with Gasteiger partial charge in [-0.3, -0.25) is 4.79 Å². The summed E-state index contributed by atoms with van der Waals surface area (Å²) in [6, 6.07) is 18.5. The van der Waals surface area contributed by atoms with Gasteiger partial charge in [0.2, 0.25) is 0 Å². The highest BCUT2D eigenvalue weighted by Gasteiger charge is 2.07. The number of hydrogen-bond donors (Lipinski definition) is 2. The number of aromatic nitrogens is 1. The SMILES string of the molecule is COc1ccc(CNc2ccc(C(=O)Nc3ccc(OC)cc3)cn2)cc1. The number of rotatable bonds is 7. The molecule has 1 aromatic heterocycles. The molecule has 138 valence electrons. The summed E-state index contributed by atoms with van der Waals surface area (Å²) in [5.41, 5.74) is 2.29. The van der Waals surface area contributed by atoms with Crippen LogP contribution in [0.1, 0.15) is 15.9 Å². The summed E-state index contributed by atoms with van der Waals surface area (Å²) in [5, 5.41) is 6.06. The van der Waals surface area contributed by atoms with Gasteiger partial charge in [-0.2, -0.15) is 0 Å². The Morgan fingerprint density at radius 2 is 1.52 bits per heavy atom. The fraction of sp³-hybridized carbons (Fsp3) is 0.143. The highest BCUT2D eigenvalue weighted by molar-refractivity contribution is 6.04. The molecule has 1 amide bonds. The second-order valence-corrected chi connectivity index (χ2v) is 5.82. The Hall–Kier alpha value is -3.54. The number of benzene rings is 2. The van der Waals surface area contributed by atoms with Gasteiger partial charge in [-0.25, -0.2) is 4.98 Å². The van der Waals surface area contributed by atoms with E-state index in [1.54, 1.807) is 56.8 Å². The Kier molecular flexibility index (Phi) is 5.89. The number of methoxy groups -OCH3 is 2. The quantitative estimate of drug-likeness (QED) is 0.665. The predicted molar refractivity (Wildman–Crippen MR) is 106 cm³/mol. The van der Waals surface area contributed by atoms with E-state index in [4.69, 9.17) is 9.47 Å². The molecule has 0 aliphatic heterocycles. The number of carbonyl (C=O) groups excluding carboxylic acids is 1. The molecule has 6 heteroatoms. The third kappa shape index (κ3) is 4.98. The second kappa shape index (κ2) is 8.71. The number of nitrogens with zero attached hydrogens (tertiary/aromatic N) is 1. The van der Waals surface area contributed by atoms with Crippen LogP contribution in [0.5, 0.6) is 11.5 Å². The maximum Gasteiger partial charge on any atom is 0.257 e. The maximum atomic E-state index is 12.3. The largest absolute Gasteiger partial charge is 0.497 e. The van der Waals surface area contributed by atoms with Gasteiger partial charge < -0.3 is 20.1 Å². The first-order valence-corrected chi connectivity index (χ1v) is 8.46. The predicted octanol–water partition coefficient (Wildman–Crippen LogP) is 3.96. The number of nitrogens with one attached hydrogen (secondary N) is 2. The number of amides is 1. The topological polar surface area (TPSA) is 72.5 Å². The molecule has 2 aromatic carbocycles. The van der Waals surface area contributed by atoms with E-state index in [9.17, 15) is 4.79 Å². The van der Waals surface area contributed by atoms with Crippen LogP contribution in [0, 0.1) is 0 Å². The Bertz CT molecular complexity index is 876. The van der Waals surface area contributed by atoms with Crippen LogP contribution in [0.15, 0.2) is 66.9 Å². The van der Waals surface area contributed by atoms with Crippen LogP contribution >= 0.6 is 0 Å². The van der Waals surface area contributed by atoms with Gasteiger partial charge in [-0.1, -0.05) is 12.1 Å². The summed E-state index contributed by atoms with van der Waals surface area (Å²) in [5.74, 6) is 2.05. The minimum atomic E-state index is -0.214. The fourth-order valence-electron chi connectivity index (χ4n) is 2.45. The summed E-state index contributed by atoms with van der Waals surface area (Å²) in [6.45, 7) is 0.633. The van der Waals surface area contributed by atoms with Crippen LogP contribution in [0.2, 0.25) is 0 Å². The lowest BCUT2D eigenvalue weighted by Gasteiger charge is -2.08. The Morgan fingerprint density at radius 1 is 0.889 bits per heavy atom. The van der Waals surface area contributed by atoms with Crippen LogP contribution in [-0.2, 0) is 6.54 Å². The first-order chi connectivity index (χ1) is 13.2. The zero-order valence-electron chi connectivity index (χ0n) is 15.2. The molecule has 1 heterocycles. The standard InChI is InChI=1S/C21H21N3O3/c1-26-18-8-3-15(4-9-18)13-22-20-12-5-16(14-23-20)21(25)24-17-6-10-19(27-2)11-7-17/h3-12,14H,13H2,1-2H3,(H,22,23)(H,24,25). The van der Waals surface area contributed by atoms with E-state index in [1.807, 2.05) is 24.3 Å². The summed E-state index contributed by atoms with van der Waals surface area (Å²) in [4.78, 5) is 16.6. The smallest absolute Gasteiger partial charge is 0.257 e. The van der Waals surface area contributed by atoms with Crippen LogP contribution < -0.4 is 20.1 Å². The molecule has 0 aliphatic carbocycles. The number of pyridine rings is 1. The highest BCUT2D eigenvalue weighted by atomic mass is 16.5. The van der Waals surface area contributed by atoms with E-state index >= 15 is 0 Å². The first-order valence-electron chi connectivity index (χ1n) is 8.46. The molecule has 3 rings (SSSR count). The Balaban J connectivity index is 1.56. The van der Waals surface area contributed by atoms with Crippen molar-refractivity contribution in [2.24, 2.45) is 0 Å². The van der Waals surface area contributed by atoms with Crippen molar-refractivity contribution in [1.29, 1.82) is 0 Å². The zero-order chi connectivity index (χ0) is 19.1. The molecule has 0 aliphatic rings. The molecule has 0 fully saturated rings. The molecule has 2 N–H and O–H groups in total. The van der Waals surface area contributed by atoms with Crippen molar-refractivity contribution in [3.63, 3.8) is 0 Å². The van der Waals surface area contributed by atoms with Crippen LogP contribution in [0.25, 0.3) is 0 Å². The average molecular weight is 363 g/mol. The minimum Gasteiger partial charge on any atom is -0.497 e. The van der Waals surface area contributed by atoms with Crippen molar-refractivity contribution < 1.29 is 14.3 Å². The Morgan fingerprint density at radius 3 is 2.07 bits per heavy atom. The van der Waals surface area contributed by atoms with Gasteiger partial charge in [-0.05, 0) is 54.1 Å². The summed E-state index contributed by atoms with van der Waals surface area (Å²) < 4.78 is 10.2. The van der Waals surface area contributed by atoms with Gasteiger partial charge in [0.15, 0.2) is 0 Å². The fourth-order valence-corrected chi connectivity index (χ4v) is 2.45. The first kappa shape index (κ1) is 18.3. The number of ether oxygens (including phenoxy) is 2. The van der Waals surface area contributed by atoms with E-state index < -0.39 is 0 Å². The van der Waals surface area contributed by atoms with Gasteiger partial charge in [0.1, 0.15) is 17.3 Å². The van der Waals surface area contributed by atoms with Crippen molar-refractivity contribution in [2.45, 2.75) is 6.54 Å². The minimum absolute atomic E-state index is 0.214. The molecular formula is C21H21N3O3. The van der Waals surface area contributed by atoms with E-state index in [1.165, 1.54) is 0 Å². The average Bonchev–Trinajstić information content (AvgIpc) is 2.73. The molecule has 0 spiro atoms. The van der Waals surface area contributed by atoms with Gasteiger partial charge >= 0.3 is 0 Å². The van der Waals surface area contributed by atoms with Gasteiger partial charge in [-0.15, -0.1) is 0 Å². The van der Waals surface area contributed by atoms with Gasteiger partial charge in [0.05, 0.1) is 19.8 Å². The van der Waals surface area contributed by atoms with Crippen LogP contribution in [0.3, 0.4) is 0 Å². The lowest BCUT2D eigenvalue weighted by Crippen LogP contribution is -2.12. The normalized spacial score (nSPS) is 10.1. The van der Waals surface area contributed by atoms with Gasteiger partial charge in [0, 0.05) is 18.4 Å². The van der Waals surface area contributed by atoms with E-state index in [0.29, 0.717) is 23.6 Å². The monoisotopic (exact) mass is 363 g/mol. The van der Waals surface area contributed by atoms with Gasteiger partial charge in [0.25, 0.3) is 5.91 Å². The van der Waals surface area contributed by atoms with E-state index in [2.05, 4.69) is 15.6 Å². The molecule has 0 radical (unpaired) electrons. The summed E-state index contributed by atoms with van der Waals surface area (Å²) in [7, 11) is 3.24. The lowest BCUT2D eigenvalue weighted by molar-refractivity contribution is 0.102. The molecule has 6 nitrogen and oxygen atoms in total. The number of carbonyl (C=O) groups is 1. The van der Waals surface area contributed by atoms with E-state index in [-0.39, 0.29) is 5.91 Å². The molecule has 0 bridgehead atoms. The zero-order valence-corrected chi connectivity index (χ0v) is 15.2. The molecule has 3 aromatic rings. The molecular weight excluding hydrogens is 342 g/mol. The van der Waals surface area contributed by atoms with Crippen molar-refractivity contribution in [3.8, 4) is 11.5 Å². The molecule has 0 atom stereocenters. The molecule has 0 unspecified atom stereocenters. The van der Waals surface area contributed by atoms with E-state index in [0.717, 1.165) is 17.1 Å². The van der Waals surface area contributed by atoms with Crippen LogP contribution in [0.4, 0.5) is 11.5 Å². The molecule has 0 saturated heterocycles. The van der Waals surface area contributed by atoms with Crippen molar-refractivity contribution in [2.75, 3.05) is 24.9 Å². The molecule has 27 heavy (non-hydrogen) atoms. The van der Waals surface area contributed by atoms with Crippen molar-refractivity contribution in [3.05, 3.63) is 78.0 Å². The summed E-state index contributed by atoms with van der Waals surface area (Å²) in [6.07, 6.45) is 1.55. The summed E-state index contributed by atoms with van der Waals surface area (Å²) >= 11 is 0. The number of anilines is 2. The highest BCUT2D eigenvalue weighted by Crippen LogP contribution is 2.16.